The molecule has 0 bridgehead atoms. The van der Waals surface area contributed by atoms with E-state index in [9.17, 15) is 9.18 Å². The van der Waals surface area contributed by atoms with Gasteiger partial charge in [-0.2, -0.15) is 0 Å². The van der Waals surface area contributed by atoms with Crippen LogP contribution in [0.15, 0.2) is 24.3 Å². The molecule has 1 unspecified atom stereocenters. The topological polar surface area (TPSA) is 32.3 Å². The molecule has 1 heterocycles. The zero-order valence-electron chi connectivity index (χ0n) is 15.2. The van der Waals surface area contributed by atoms with E-state index in [1.165, 1.54) is 12.6 Å². The number of halogens is 1. The van der Waals surface area contributed by atoms with Crippen molar-refractivity contribution in [3.05, 3.63) is 35.6 Å². The van der Waals surface area contributed by atoms with Crippen LogP contribution in [-0.4, -0.2) is 37.0 Å². The Balaban J connectivity index is 1.70. The largest absolute Gasteiger partial charge is 0.356 e. The SMILES string of the molecule is CC(C)CN1CCC(CNC(=O)C(C)Cc2ccccc2F)CC1. The minimum Gasteiger partial charge on any atom is -0.356 e. The smallest absolute Gasteiger partial charge is 0.223 e. The molecule has 1 atom stereocenters. The monoisotopic (exact) mass is 334 g/mol. The van der Waals surface area contributed by atoms with Gasteiger partial charge in [-0.1, -0.05) is 39.0 Å². The molecule has 1 aliphatic rings. The lowest BCUT2D eigenvalue weighted by Gasteiger charge is -2.33. The van der Waals surface area contributed by atoms with Crippen LogP contribution in [0.1, 0.15) is 39.2 Å². The van der Waals surface area contributed by atoms with Crippen LogP contribution in [0, 0.1) is 23.6 Å². The molecule has 134 valence electrons. The first-order valence-corrected chi connectivity index (χ1v) is 9.19. The van der Waals surface area contributed by atoms with Gasteiger partial charge in [0.1, 0.15) is 5.82 Å². The first kappa shape index (κ1) is 18.9. The molecule has 1 aromatic rings. The summed E-state index contributed by atoms with van der Waals surface area (Å²) in [7, 11) is 0. The first-order valence-electron chi connectivity index (χ1n) is 9.19. The molecule has 3 nitrogen and oxygen atoms in total. The van der Waals surface area contributed by atoms with Crippen molar-refractivity contribution in [1.29, 1.82) is 0 Å². The van der Waals surface area contributed by atoms with Gasteiger partial charge in [-0.3, -0.25) is 4.79 Å². The molecule has 0 aromatic heterocycles. The fraction of sp³-hybridized carbons (Fsp3) is 0.650. The molecule has 1 amide bonds. The van der Waals surface area contributed by atoms with Crippen molar-refractivity contribution in [2.75, 3.05) is 26.2 Å². The van der Waals surface area contributed by atoms with Gasteiger partial charge in [0.15, 0.2) is 0 Å². The molecule has 1 fully saturated rings. The third-order valence-electron chi connectivity index (χ3n) is 4.83. The second kappa shape index (κ2) is 9.16. The average molecular weight is 334 g/mol. The fourth-order valence-electron chi connectivity index (χ4n) is 3.40. The highest BCUT2D eigenvalue weighted by atomic mass is 19.1. The maximum Gasteiger partial charge on any atom is 0.223 e. The number of benzene rings is 1. The van der Waals surface area contributed by atoms with Gasteiger partial charge in [0.05, 0.1) is 0 Å². The van der Waals surface area contributed by atoms with E-state index in [4.69, 9.17) is 0 Å². The number of hydrogen-bond acceptors (Lipinski definition) is 2. The molecule has 0 spiro atoms. The van der Waals surface area contributed by atoms with Crippen LogP contribution in [0.3, 0.4) is 0 Å². The predicted molar refractivity (Wildman–Crippen MR) is 96.3 cm³/mol. The Morgan fingerprint density at radius 3 is 2.54 bits per heavy atom. The molecule has 24 heavy (non-hydrogen) atoms. The zero-order chi connectivity index (χ0) is 17.5. The molecule has 1 saturated heterocycles. The second-order valence-electron chi connectivity index (χ2n) is 7.58. The minimum absolute atomic E-state index is 0.0304. The fourth-order valence-corrected chi connectivity index (χ4v) is 3.40. The minimum atomic E-state index is -0.227. The quantitative estimate of drug-likeness (QED) is 0.828. The summed E-state index contributed by atoms with van der Waals surface area (Å²) in [5.74, 6) is 0.874. The third kappa shape index (κ3) is 5.90. The Kier molecular flexibility index (Phi) is 7.22. The Labute approximate surface area is 145 Å². The summed E-state index contributed by atoms with van der Waals surface area (Å²) in [4.78, 5) is 14.8. The highest BCUT2D eigenvalue weighted by molar-refractivity contribution is 5.78. The van der Waals surface area contributed by atoms with E-state index in [0.29, 0.717) is 23.8 Å². The lowest BCUT2D eigenvalue weighted by atomic mass is 9.95. The van der Waals surface area contributed by atoms with Crippen LogP contribution in [0.5, 0.6) is 0 Å². The summed E-state index contributed by atoms with van der Waals surface area (Å²) in [6.07, 6.45) is 2.74. The van der Waals surface area contributed by atoms with E-state index in [1.807, 2.05) is 13.0 Å². The molecule has 0 aliphatic carbocycles. The molecular formula is C20H31FN2O. The van der Waals surface area contributed by atoms with Gasteiger partial charge in [0.25, 0.3) is 0 Å². The van der Waals surface area contributed by atoms with E-state index < -0.39 is 0 Å². The Morgan fingerprint density at radius 1 is 1.25 bits per heavy atom. The van der Waals surface area contributed by atoms with Crippen LogP contribution in [0.2, 0.25) is 0 Å². The van der Waals surface area contributed by atoms with Crippen molar-refractivity contribution in [1.82, 2.24) is 10.2 Å². The maximum atomic E-state index is 13.7. The molecule has 1 aliphatic heterocycles. The third-order valence-corrected chi connectivity index (χ3v) is 4.83. The number of piperidine rings is 1. The number of carbonyl (C=O) groups is 1. The average Bonchev–Trinajstić information content (AvgIpc) is 2.55. The van der Waals surface area contributed by atoms with Gasteiger partial charge >= 0.3 is 0 Å². The molecule has 4 heteroatoms. The standard InChI is InChI=1S/C20H31FN2O/c1-15(2)14-23-10-8-17(9-11-23)13-22-20(24)16(3)12-18-6-4-5-7-19(18)21/h4-7,15-17H,8-14H2,1-3H3,(H,22,24). The maximum absolute atomic E-state index is 13.7. The molecule has 1 N–H and O–H groups in total. The van der Waals surface area contributed by atoms with Crippen LogP contribution in [0.25, 0.3) is 0 Å². The van der Waals surface area contributed by atoms with Crippen LogP contribution >= 0.6 is 0 Å². The number of carbonyl (C=O) groups excluding carboxylic acids is 1. The van der Waals surface area contributed by atoms with Gasteiger partial charge in [-0.15, -0.1) is 0 Å². The van der Waals surface area contributed by atoms with Gasteiger partial charge in [0.2, 0.25) is 5.91 Å². The molecule has 0 radical (unpaired) electrons. The Hall–Kier alpha value is -1.42. The molecule has 1 aromatic carbocycles. The lowest BCUT2D eigenvalue weighted by Crippen LogP contribution is -2.41. The van der Waals surface area contributed by atoms with E-state index in [2.05, 4.69) is 24.1 Å². The Morgan fingerprint density at radius 2 is 1.92 bits per heavy atom. The van der Waals surface area contributed by atoms with Crippen LogP contribution in [0.4, 0.5) is 4.39 Å². The molecule has 2 rings (SSSR count). The zero-order valence-corrected chi connectivity index (χ0v) is 15.2. The number of nitrogens with zero attached hydrogens (tertiary/aromatic N) is 1. The lowest BCUT2D eigenvalue weighted by molar-refractivity contribution is -0.124. The van der Waals surface area contributed by atoms with E-state index in [0.717, 1.165) is 32.5 Å². The summed E-state index contributed by atoms with van der Waals surface area (Å²) >= 11 is 0. The number of rotatable bonds is 7. The predicted octanol–water partition coefficient (Wildman–Crippen LogP) is 3.49. The summed E-state index contributed by atoms with van der Waals surface area (Å²) in [6, 6.07) is 6.69. The number of amides is 1. The van der Waals surface area contributed by atoms with Crippen molar-refractivity contribution in [3.8, 4) is 0 Å². The summed E-state index contributed by atoms with van der Waals surface area (Å²) in [5.41, 5.74) is 0.613. The van der Waals surface area contributed by atoms with Gasteiger partial charge in [0, 0.05) is 19.0 Å². The van der Waals surface area contributed by atoms with E-state index in [-0.39, 0.29) is 17.6 Å². The van der Waals surface area contributed by atoms with Gasteiger partial charge in [-0.05, 0) is 55.8 Å². The van der Waals surface area contributed by atoms with Crippen LogP contribution < -0.4 is 5.32 Å². The van der Waals surface area contributed by atoms with Crippen molar-refractivity contribution in [3.63, 3.8) is 0 Å². The van der Waals surface area contributed by atoms with E-state index in [1.54, 1.807) is 12.1 Å². The number of hydrogen-bond donors (Lipinski definition) is 1. The normalized spacial score (nSPS) is 17.9. The van der Waals surface area contributed by atoms with Gasteiger partial charge in [-0.25, -0.2) is 4.39 Å². The van der Waals surface area contributed by atoms with Crippen molar-refractivity contribution in [2.24, 2.45) is 17.8 Å². The first-order chi connectivity index (χ1) is 11.5. The summed E-state index contributed by atoms with van der Waals surface area (Å²) in [6.45, 7) is 10.5. The number of nitrogens with one attached hydrogen (secondary N) is 1. The summed E-state index contributed by atoms with van der Waals surface area (Å²) in [5, 5.41) is 3.07. The molecule has 0 saturated carbocycles. The van der Waals surface area contributed by atoms with Crippen molar-refractivity contribution in [2.45, 2.75) is 40.0 Å². The van der Waals surface area contributed by atoms with Crippen molar-refractivity contribution >= 4 is 5.91 Å². The van der Waals surface area contributed by atoms with E-state index >= 15 is 0 Å². The summed E-state index contributed by atoms with van der Waals surface area (Å²) < 4.78 is 13.7. The van der Waals surface area contributed by atoms with Crippen LogP contribution in [-0.2, 0) is 11.2 Å². The van der Waals surface area contributed by atoms with Crippen molar-refractivity contribution < 1.29 is 9.18 Å². The number of likely N-dealkylation sites (tertiary alicyclic amines) is 1. The highest BCUT2D eigenvalue weighted by Gasteiger charge is 2.21. The second-order valence-corrected chi connectivity index (χ2v) is 7.58. The van der Waals surface area contributed by atoms with Gasteiger partial charge < -0.3 is 10.2 Å². The molecular weight excluding hydrogens is 303 g/mol. The Bertz CT molecular complexity index is 524. The highest BCUT2D eigenvalue weighted by Crippen LogP contribution is 2.18.